The van der Waals surface area contributed by atoms with Gasteiger partial charge >= 0.3 is 0 Å². The van der Waals surface area contributed by atoms with Crippen LogP contribution in [0.2, 0.25) is 0 Å². The molecule has 84 valence electrons. The number of hydrogen-bond donors (Lipinski definition) is 1. The SMILES string of the molecule is CC(CCN)N(C)CC1CCCN1C. The fraction of sp³-hybridized carbons (Fsp3) is 1.00. The Bertz CT molecular complexity index is 161. The first-order valence-corrected chi connectivity index (χ1v) is 5.75. The highest BCUT2D eigenvalue weighted by Crippen LogP contribution is 2.16. The summed E-state index contributed by atoms with van der Waals surface area (Å²) < 4.78 is 0. The van der Waals surface area contributed by atoms with Crippen molar-refractivity contribution in [3.05, 3.63) is 0 Å². The van der Waals surface area contributed by atoms with Crippen molar-refractivity contribution in [2.24, 2.45) is 5.73 Å². The molecule has 1 aliphatic rings. The molecule has 14 heavy (non-hydrogen) atoms. The Hall–Kier alpha value is -0.120. The summed E-state index contributed by atoms with van der Waals surface area (Å²) in [5.41, 5.74) is 5.57. The topological polar surface area (TPSA) is 32.5 Å². The number of nitrogens with zero attached hydrogens (tertiary/aromatic N) is 2. The van der Waals surface area contributed by atoms with Gasteiger partial charge in [0, 0.05) is 18.6 Å². The van der Waals surface area contributed by atoms with Crippen molar-refractivity contribution in [2.75, 3.05) is 33.7 Å². The van der Waals surface area contributed by atoms with E-state index in [4.69, 9.17) is 5.73 Å². The normalized spacial score (nSPS) is 25.9. The molecule has 0 aromatic carbocycles. The molecule has 0 aromatic heterocycles. The second-order valence-electron chi connectivity index (χ2n) is 4.64. The lowest BCUT2D eigenvalue weighted by Gasteiger charge is -2.30. The molecule has 3 heteroatoms. The molecule has 1 heterocycles. The fourth-order valence-electron chi connectivity index (χ4n) is 2.18. The van der Waals surface area contributed by atoms with E-state index in [0.717, 1.165) is 19.0 Å². The molecule has 1 saturated heterocycles. The van der Waals surface area contributed by atoms with E-state index in [-0.39, 0.29) is 0 Å². The van der Waals surface area contributed by atoms with Crippen molar-refractivity contribution < 1.29 is 0 Å². The minimum absolute atomic E-state index is 0.619. The quantitative estimate of drug-likeness (QED) is 0.709. The summed E-state index contributed by atoms with van der Waals surface area (Å²) in [6.07, 6.45) is 3.82. The van der Waals surface area contributed by atoms with Crippen molar-refractivity contribution >= 4 is 0 Å². The average Bonchev–Trinajstić information content (AvgIpc) is 2.52. The van der Waals surface area contributed by atoms with Crippen molar-refractivity contribution in [1.82, 2.24) is 9.80 Å². The molecule has 2 unspecified atom stereocenters. The lowest BCUT2D eigenvalue weighted by Crippen LogP contribution is -2.41. The van der Waals surface area contributed by atoms with Gasteiger partial charge in [-0.05, 0) is 53.4 Å². The lowest BCUT2D eigenvalue weighted by molar-refractivity contribution is 0.180. The zero-order valence-corrected chi connectivity index (χ0v) is 9.87. The van der Waals surface area contributed by atoms with Gasteiger partial charge in [0.2, 0.25) is 0 Å². The van der Waals surface area contributed by atoms with E-state index in [1.165, 1.54) is 25.9 Å². The van der Waals surface area contributed by atoms with Crippen LogP contribution in [0.25, 0.3) is 0 Å². The number of nitrogens with two attached hydrogens (primary N) is 1. The summed E-state index contributed by atoms with van der Waals surface area (Å²) >= 11 is 0. The molecule has 0 saturated carbocycles. The van der Waals surface area contributed by atoms with Gasteiger partial charge in [-0.25, -0.2) is 0 Å². The van der Waals surface area contributed by atoms with Gasteiger partial charge in [-0.2, -0.15) is 0 Å². The van der Waals surface area contributed by atoms with Crippen molar-refractivity contribution in [3.8, 4) is 0 Å². The summed E-state index contributed by atoms with van der Waals surface area (Å²) in [6, 6.07) is 1.38. The zero-order valence-electron chi connectivity index (χ0n) is 9.87. The van der Waals surface area contributed by atoms with E-state index in [0.29, 0.717) is 6.04 Å². The van der Waals surface area contributed by atoms with Crippen LogP contribution >= 0.6 is 0 Å². The zero-order chi connectivity index (χ0) is 10.6. The van der Waals surface area contributed by atoms with Crippen LogP contribution in [0.15, 0.2) is 0 Å². The molecular formula is C11H25N3. The number of hydrogen-bond acceptors (Lipinski definition) is 3. The van der Waals surface area contributed by atoms with E-state index in [1.54, 1.807) is 0 Å². The number of likely N-dealkylation sites (tertiary alicyclic amines) is 1. The first-order valence-electron chi connectivity index (χ1n) is 5.75. The molecule has 1 fully saturated rings. The van der Waals surface area contributed by atoms with E-state index >= 15 is 0 Å². The van der Waals surface area contributed by atoms with Crippen LogP contribution < -0.4 is 5.73 Å². The molecule has 0 aromatic rings. The van der Waals surface area contributed by atoms with E-state index in [9.17, 15) is 0 Å². The summed E-state index contributed by atoms with van der Waals surface area (Å²) in [7, 11) is 4.45. The maximum absolute atomic E-state index is 5.57. The number of likely N-dealkylation sites (N-methyl/N-ethyl adjacent to an activating group) is 2. The fourth-order valence-corrected chi connectivity index (χ4v) is 2.18. The Morgan fingerprint density at radius 2 is 2.29 bits per heavy atom. The van der Waals surface area contributed by atoms with Gasteiger partial charge < -0.3 is 15.5 Å². The molecule has 1 aliphatic heterocycles. The maximum Gasteiger partial charge on any atom is 0.0220 e. The molecule has 0 amide bonds. The van der Waals surface area contributed by atoms with Gasteiger partial charge in [0.15, 0.2) is 0 Å². The van der Waals surface area contributed by atoms with Crippen molar-refractivity contribution in [1.29, 1.82) is 0 Å². The highest BCUT2D eigenvalue weighted by molar-refractivity contribution is 4.80. The lowest BCUT2D eigenvalue weighted by atomic mass is 10.1. The van der Waals surface area contributed by atoms with Gasteiger partial charge in [-0.3, -0.25) is 0 Å². The van der Waals surface area contributed by atoms with E-state index in [2.05, 4.69) is 30.8 Å². The van der Waals surface area contributed by atoms with Crippen LogP contribution in [0.3, 0.4) is 0 Å². The molecule has 3 nitrogen and oxygen atoms in total. The van der Waals surface area contributed by atoms with Crippen LogP contribution in [0, 0.1) is 0 Å². The molecule has 2 atom stereocenters. The van der Waals surface area contributed by atoms with Gasteiger partial charge in [0.1, 0.15) is 0 Å². The Kier molecular flexibility index (Phi) is 4.85. The van der Waals surface area contributed by atoms with Crippen molar-refractivity contribution in [2.45, 2.75) is 38.3 Å². The summed E-state index contributed by atoms with van der Waals surface area (Å²) in [5.74, 6) is 0. The third-order valence-electron chi connectivity index (χ3n) is 3.51. The smallest absolute Gasteiger partial charge is 0.0220 e. The Labute approximate surface area is 88.2 Å². The van der Waals surface area contributed by atoms with E-state index < -0.39 is 0 Å². The first kappa shape index (κ1) is 12.0. The monoisotopic (exact) mass is 199 g/mol. The minimum atomic E-state index is 0.619. The number of rotatable bonds is 5. The van der Waals surface area contributed by atoms with Gasteiger partial charge in [-0.15, -0.1) is 0 Å². The van der Waals surface area contributed by atoms with Gasteiger partial charge in [0.25, 0.3) is 0 Å². The third kappa shape index (κ3) is 3.23. The summed E-state index contributed by atoms with van der Waals surface area (Å²) in [5, 5.41) is 0. The molecule has 0 radical (unpaired) electrons. The van der Waals surface area contributed by atoms with E-state index in [1.807, 2.05) is 0 Å². The average molecular weight is 199 g/mol. The minimum Gasteiger partial charge on any atom is -0.330 e. The highest BCUT2D eigenvalue weighted by Gasteiger charge is 2.23. The summed E-state index contributed by atoms with van der Waals surface area (Å²) in [6.45, 7) is 5.52. The Balaban J connectivity index is 2.28. The summed E-state index contributed by atoms with van der Waals surface area (Å²) in [4.78, 5) is 4.92. The van der Waals surface area contributed by atoms with Crippen LogP contribution in [0.4, 0.5) is 0 Å². The largest absolute Gasteiger partial charge is 0.330 e. The van der Waals surface area contributed by atoms with Crippen molar-refractivity contribution in [3.63, 3.8) is 0 Å². The predicted molar refractivity (Wildman–Crippen MR) is 61.4 cm³/mol. The predicted octanol–water partition coefficient (Wildman–Crippen LogP) is 0.750. The first-order chi connectivity index (χ1) is 6.65. The van der Waals surface area contributed by atoms with Crippen LogP contribution in [-0.4, -0.2) is 55.6 Å². The van der Waals surface area contributed by atoms with Gasteiger partial charge in [0.05, 0.1) is 0 Å². The molecule has 0 bridgehead atoms. The standard InChI is InChI=1S/C11H25N3/c1-10(6-7-12)14(3)9-11-5-4-8-13(11)2/h10-11H,4-9,12H2,1-3H3. The Morgan fingerprint density at radius 1 is 1.57 bits per heavy atom. The maximum atomic E-state index is 5.57. The molecule has 0 aliphatic carbocycles. The molecular weight excluding hydrogens is 174 g/mol. The highest BCUT2D eigenvalue weighted by atomic mass is 15.2. The third-order valence-corrected chi connectivity index (χ3v) is 3.51. The van der Waals surface area contributed by atoms with Crippen LogP contribution in [-0.2, 0) is 0 Å². The van der Waals surface area contributed by atoms with Gasteiger partial charge in [-0.1, -0.05) is 0 Å². The van der Waals surface area contributed by atoms with Crippen LogP contribution in [0.5, 0.6) is 0 Å². The molecule has 1 rings (SSSR count). The second kappa shape index (κ2) is 5.69. The van der Waals surface area contributed by atoms with Crippen LogP contribution in [0.1, 0.15) is 26.2 Å². The molecule has 2 N–H and O–H groups in total. The second-order valence-corrected chi connectivity index (χ2v) is 4.64. The molecule has 0 spiro atoms. The Morgan fingerprint density at radius 3 is 2.79 bits per heavy atom.